The van der Waals surface area contributed by atoms with E-state index in [0.717, 1.165) is 5.69 Å². The fourth-order valence-electron chi connectivity index (χ4n) is 1.22. The van der Waals surface area contributed by atoms with Crippen molar-refractivity contribution < 1.29 is 9.53 Å². The van der Waals surface area contributed by atoms with Gasteiger partial charge in [-0.3, -0.25) is 4.79 Å². The molecule has 0 aliphatic carbocycles. The average Bonchev–Trinajstić information content (AvgIpc) is 2.28. The second-order valence-electron chi connectivity index (χ2n) is 4.48. The van der Waals surface area contributed by atoms with Crippen molar-refractivity contribution in [1.29, 1.82) is 0 Å². The quantitative estimate of drug-likeness (QED) is 0.771. The molecule has 1 aromatic carbocycles. The predicted molar refractivity (Wildman–Crippen MR) is 69.7 cm³/mol. The monoisotopic (exact) mass is 236 g/mol. The van der Waals surface area contributed by atoms with E-state index in [9.17, 15) is 4.79 Å². The first-order valence-corrected chi connectivity index (χ1v) is 5.77. The Morgan fingerprint density at radius 1 is 1.29 bits per heavy atom. The molecule has 0 saturated carbocycles. The molecule has 0 radical (unpaired) electrons. The average molecular weight is 236 g/mol. The van der Waals surface area contributed by atoms with E-state index in [-0.39, 0.29) is 5.91 Å². The number of carbonyl (C=O) groups is 1. The molecule has 3 N–H and O–H groups in total. The molecule has 4 nitrogen and oxygen atoms in total. The van der Waals surface area contributed by atoms with E-state index >= 15 is 0 Å². The maximum atomic E-state index is 11.7. The Labute approximate surface area is 102 Å². The van der Waals surface area contributed by atoms with E-state index in [1.54, 1.807) is 31.2 Å². The van der Waals surface area contributed by atoms with Gasteiger partial charge in [0.25, 0.3) is 5.91 Å². The molecule has 0 aliphatic heterocycles. The summed E-state index contributed by atoms with van der Waals surface area (Å²) in [4.78, 5) is 11.7. The standard InChI is InChI=1S/C13H20N2O2/c1-9(2)8-17-10(3)13(16)15-12-6-4-11(14)5-7-12/h4-7,9-10H,8,14H2,1-3H3,(H,15,16). The first-order valence-electron chi connectivity index (χ1n) is 5.77. The molecule has 1 amide bonds. The zero-order valence-corrected chi connectivity index (χ0v) is 10.6. The third kappa shape index (κ3) is 4.87. The van der Waals surface area contributed by atoms with Crippen molar-refractivity contribution in [2.75, 3.05) is 17.7 Å². The van der Waals surface area contributed by atoms with Gasteiger partial charge in [-0.1, -0.05) is 13.8 Å². The first-order chi connectivity index (χ1) is 7.99. The van der Waals surface area contributed by atoms with Crippen LogP contribution < -0.4 is 11.1 Å². The Morgan fingerprint density at radius 3 is 2.41 bits per heavy atom. The van der Waals surface area contributed by atoms with Gasteiger partial charge >= 0.3 is 0 Å². The van der Waals surface area contributed by atoms with Gasteiger partial charge in [-0.25, -0.2) is 0 Å². The number of benzene rings is 1. The molecule has 0 fully saturated rings. The van der Waals surface area contributed by atoms with Gasteiger partial charge < -0.3 is 15.8 Å². The van der Waals surface area contributed by atoms with Gasteiger partial charge in [0.2, 0.25) is 0 Å². The molecule has 1 unspecified atom stereocenters. The Balaban J connectivity index is 2.45. The van der Waals surface area contributed by atoms with E-state index in [1.165, 1.54) is 0 Å². The smallest absolute Gasteiger partial charge is 0.253 e. The Hall–Kier alpha value is -1.55. The van der Waals surface area contributed by atoms with Crippen LogP contribution in [-0.2, 0) is 9.53 Å². The van der Waals surface area contributed by atoms with Crippen LogP contribution in [0.5, 0.6) is 0 Å². The maximum absolute atomic E-state index is 11.7. The molecule has 94 valence electrons. The summed E-state index contributed by atoms with van der Waals surface area (Å²) >= 11 is 0. The number of rotatable bonds is 5. The van der Waals surface area contributed by atoms with E-state index in [1.807, 2.05) is 13.8 Å². The number of ether oxygens (including phenoxy) is 1. The van der Waals surface area contributed by atoms with E-state index in [2.05, 4.69) is 5.32 Å². The van der Waals surface area contributed by atoms with Crippen LogP contribution in [0.4, 0.5) is 11.4 Å². The normalized spacial score (nSPS) is 12.5. The van der Waals surface area contributed by atoms with Crippen LogP contribution >= 0.6 is 0 Å². The first kappa shape index (κ1) is 13.5. The minimum Gasteiger partial charge on any atom is -0.399 e. The molecule has 17 heavy (non-hydrogen) atoms. The lowest BCUT2D eigenvalue weighted by Crippen LogP contribution is -2.28. The topological polar surface area (TPSA) is 64.3 Å². The van der Waals surface area contributed by atoms with Crippen LogP contribution in [0.2, 0.25) is 0 Å². The lowest BCUT2D eigenvalue weighted by atomic mass is 10.2. The van der Waals surface area contributed by atoms with Gasteiger partial charge in [0.1, 0.15) is 6.10 Å². The van der Waals surface area contributed by atoms with Gasteiger partial charge in [-0.05, 0) is 37.1 Å². The zero-order chi connectivity index (χ0) is 12.8. The molecule has 0 saturated heterocycles. The summed E-state index contributed by atoms with van der Waals surface area (Å²) < 4.78 is 5.42. The number of nitrogen functional groups attached to an aromatic ring is 1. The molecule has 0 heterocycles. The molecule has 1 rings (SSSR count). The highest BCUT2D eigenvalue weighted by molar-refractivity contribution is 5.94. The minimum atomic E-state index is -0.449. The largest absolute Gasteiger partial charge is 0.399 e. The summed E-state index contributed by atoms with van der Waals surface area (Å²) in [6, 6.07) is 7.02. The molecule has 0 bridgehead atoms. The SMILES string of the molecule is CC(C)COC(C)C(=O)Nc1ccc(N)cc1. The highest BCUT2D eigenvalue weighted by Gasteiger charge is 2.13. The van der Waals surface area contributed by atoms with Crippen LogP contribution in [0.15, 0.2) is 24.3 Å². The van der Waals surface area contributed by atoms with Crippen LogP contribution in [0, 0.1) is 5.92 Å². The number of nitrogens with two attached hydrogens (primary N) is 1. The number of carbonyl (C=O) groups excluding carboxylic acids is 1. The van der Waals surface area contributed by atoms with Gasteiger partial charge in [-0.2, -0.15) is 0 Å². The Kier molecular flexibility index (Phi) is 4.97. The van der Waals surface area contributed by atoms with E-state index in [0.29, 0.717) is 18.2 Å². The molecule has 1 aromatic rings. The summed E-state index contributed by atoms with van der Waals surface area (Å²) in [6.07, 6.45) is -0.449. The third-order valence-corrected chi connectivity index (χ3v) is 2.23. The lowest BCUT2D eigenvalue weighted by molar-refractivity contribution is -0.126. The van der Waals surface area contributed by atoms with Crippen molar-refractivity contribution >= 4 is 17.3 Å². The Bertz CT molecular complexity index is 360. The molecule has 0 aromatic heterocycles. The molecular formula is C13H20N2O2. The molecule has 0 aliphatic rings. The van der Waals surface area contributed by atoms with E-state index < -0.39 is 6.10 Å². The maximum Gasteiger partial charge on any atom is 0.253 e. The van der Waals surface area contributed by atoms with Gasteiger partial charge in [0, 0.05) is 18.0 Å². The molecule has 0 spiro atoms. The van der Waals surface area contributed by atoms with Crippen LogP contribution in [0.1, 0.15) is 20.8 Å². The van der Waals surface area contributed by atoms with Crippen molar-refractivity contribution in [2.45, 2.75) is 26.9 Å². The fraction of sp³-hybridized carbons (Fsp3) is 0.462. The van der Waals surface area contributed by atoms with Gasteiger partial charge in [0.15, 0.2) is 0 Å². The van der Waals surface area contributed by atoms with Crippen LogP contribution in [-0.4, -0.2) is 18.6 Å². The summed E-state index contributed by atoms with van der Waals surface area (Å²) in [5, 5.41) is 2.77. The molecule has 1 atom stereocenters. The number of hydrogen-bond donors (Lipinski definition) is 2. The molecular weight excluding hydrogens is 216 g/mol. The van der Waals surface area contributed by atoms with Crippen molar-refractivity contribution in [2.24, 2.45) is 5.92 Å². The van der Waals surface area contributed by atoms with E-state index in [4.69, 9.17) is 10.5 Å². The second kappa shape index (κ2) is 6.25. The molecule has 4 heteroatoms. The van der Waals surface area contributed by atoms with Crippen molar-refractivity contribution in [3.8, 4) is 0 Å². The second-order valence-corrected chi connectivity index (χ2v) is 4.48. The van der Waals surface area contributed by atoms with Gasteiger partial charge in [0.05, 0.1) is 0 Å². The number of nitrogens with one attached hydrogen (secondary N) is 1. The van der Waals surface area contributed by atoms with Crippen molar-refractivity contribution in [1.82, 2.24) is 0 Å². The van der Waals surface area contributed by atoms with Gasteiger partial charge in [-0.15, -0.1) is 0 Å². The minimum absolute atomic E-state index is 0.143. The van der Waals surface area contributed by atoms with Crippen LogP contribution in [0.3, 0.4) is 0 Å². The summed E-state index contributed by atoms with van der Waals surface area (Å²) in [7, 11) is 0. The highest BCUT2D eigenvalue weighted by atomic mass is 16.5. The summed E-state index contributed by atoms with van der Waals surface area (Å²) in [5.41, 5.74) is 6.96. The zero-order valence-electron chi connectivity index (χ0n) is 10.6. The highest BCUT2D eigenvalue weighted by Crippen LogP contribution is 2.11. The van der Waals surface area contributed by atoms with Crippen molar-refractivity contribution in [3.05, 3.63) is 24.3 Å². The van der Waals surface area contributed by atoms with Crippen molar-refractivity contribution in [3.63, 3.8) is 0 Å². The number of hydrogen-bond acceptors (Lipinski definition) is 3. The number of amides is 1. The summed E-state index contributed by atoms with van der Waals surface area (Å²) in [5.74, 6) is 0.275. The predicted octanol–water partition coefficient (Wildman–Crippen LogP) is 2.27. The number of anilines is 2. The fourth-order valence-corrected chi connectivity index (χ4v) is 1.22. The van der Waals surface area contributed by atoms with Crippen LogP contribution in [0.25, 0.3) is 0 Å². The Morgan fingerprint density at radius 2 is 1.88 bits per heavy atom. The summed E-state index contributed by atoms with van der Waals surface area (Å²) in [6.45, 7) is 6.42. The third-order valence-electron chi connectivity index (χ3n) is 2.23. The lowest BCUT2D eigenvalue weighted by Gasteiger charge is -2.14.